The zero-order valence-corrected chi connectivity index (χ0v) is 20.6. The Balaban J connectivity index is 1.33. The minimum absolute atomic E-state index is 0.00745. The van der Waals surface area contributed by atoms with Crippen LogP contribution in [0.4, 0.5) is 11.4 Å². The van der Waals surface area contributed by atoms with Crippen molar-refractivity contribution in [3.05, 3.63) is 81.8 Å². The summed E-state index contributed by atoms with van der Waals surface area (Å²) in [6, 6.07) is 18.5. The van der Waals surface area contributed by atoms with Gasteiger partial charge in [0.2, 0.25) is 5.91 Å². The molecular formula is C25H21Cl3N2O5. The van der Waals surface area contributed by atoms with E-state index in [9.17, 15) is 14.4 Å². The van der Waals surface area contributed by atoms with E-state index in [4.69, 9.17) is 44.3 Å². The monoisotopic (exact) mass is 534 g/mol. The van der Waals surface area contributed by atoms with Gasteiger partial charge in [0.25, 0.3) is 5.91 Å². The number of amides is 2. The van der Waals surface area contributed by atoms with Gasteiger partial charge in [-0.3, -0.25) is 14.4 Å². The van der Waals surface area contributed by atoms with Gasteiger partial charge in [-0.25, -0.2) is 0 Å². The van der Waals surface area contributed by atoms with E-state index in [1.54, 1.807) is 60.7 Å². The van der Waals surface area contributed by atoms with Gasteiger partial charge in [-0.2, -0.15) is 0 Å². The summed E-state index contributed by atoms with van der Waals surface area (Å²) in [5, 5.41) is 6.60. The summed E-state index contributed by atoms with van der Waals surface area (Å²) in [4.78, 5) is 35.9. The van der Waals surface area contributed by atoms with E-state index in [2.05, 4.69) is 10.6 Å². The average molecular weight is 536 g/mol. The molecule has 10 heteroatoms. The lowest BCUT2D eigenvalue weighted by atomic mass is 10.2. The fourth-order valence-electron chi connectivity index (χ4n) is 2.86. The first kappa shape index (κ1) is 26.3. The van der Waals surface area contributed by atoms with Crippen LogP contribution in [0.15, 0.2) is 66.7 Å². The van der Waals surface area contributed by atoms with E-state index in [1.807, 2.05) is 0 Å². The second-order valence-corrected chi connectivity index (χ2v) is 8.60. The highest BCUT2D eigenvalue weighted by Gasteiger charge is 2.11. The van der Waals surface area contributed by atoms with Crippen LogP contribution in [-0.2, 0) is 19.1 Å². The molecule has 182 valence electrons. The zero-order chi connectivity index (χ0) is 25.2. The van der Waals surface area contributed by atoms with Gasteiger partial charge in [-0.05, 0) is 73.2 Å². The number of carbonyl (C=O) groups is 3. The lowest BCUT2D eigenvalue weighted by molar-refractivity contribution is -0.147. The number of halogens is 3. The predicted molar refractivity (Wildman–Crippen MR) is 136 cm³/mol. The zero-order valence-electron chi connectivity index (χ0n) is 18.4. The molecule has 3 aromatic rings. The maximum absolute atomic E-state index is 12.1. The molecule has 0 bridgehead atoms. The highest BCUT2D eigenvalue weighted by molar-refractivity contribution is 6.35. The standard InChI is InChI=1S/C25H21Cl3N2O5/c26-16-4-9-19(10-5-16)35-20-11-7-18(8-12-20)29-23(31)2-1-3-25(33)34-15-24(32)30-22-14-17(27)6-13-21(22)28/h4-14H,1-3,15H2,(H,29,31)(H,30,32). The molecule has 0 radical (unpaired) electrons. The summed E-state index contributed by atoms with van der Waals surface area (Å²) >= 11 is 17.7. The molecular weight excluding hydrogens is 515 g/mol. The van der Waals surface area contributed by atoms with Crippen LogP contribution >= 0.6 is 34.8 Å². The van der Waals surface area contributed by atoms with Gasteiger partial charge in [0, 0.05) is 28.6 Å². The van der Waals surface area contributed by atoms with Crippen LogP contribution in [0.25, 0.3) is 0 Å². The Bertz CT molecular complexity index is 1180. The van der Waals surface area contributed by atoms with Crippen LogP contribution in [-0.4, -0.2) is 24.4 Å². The number of ether oxygens (including phenoxy) is 2. The summed E-state index contributed by atoms with van der Waals surface area (Å²) in [6.45, 7) is -0.474. The van der Waals surface area contributed by atoms with E-state index in [0.717, 1.165) is 0 Å². The molecule has 0 heterocycles. The molecule has 0 aliphatic carbocycles. The number of rotatable bonds is 10. The molecule has 3 aromatic carbocycles. The molecule has 2 amide bonds. The van der Waals surface area contributed by atoms with Crippen molar-refractivity contribution < 1.29 is 23.9 Å². The average Bonchev–Trinajstić information content (AvgIpc) is 2.83. The summed E-state index contributed by atoms with van der Waals surface area (Å²) in [5.41, 5.74) is 0.916. The van der Waals surface area contributed by atoms with Gasteiger partial charge in [-0.1, -0.05) is 34.8 Å². The number of hydrogen-bond acceptors (Lipinski definition) is 5. The van der Waals surface area contributed by atoms with Crippen molar-refractivity contribution in [2.24, 2.45) is 0 Å². The van der Waals surface area contributed by atoms with E-state index in [0.29, 0.717) is 37.9 Å². The van der Waals surface area contributed by atoms with Crippen molar-refractivity contribution >= 4 is 64.0 Å². The number of hydrogen-bond donors (Lipinski definition) is 2. The van der Waals surface area contributed by atoms with Crippen molar-refractivity contribution in [1.29, 1.82) is 0 Å². The molecule has 0 unspecified atom stereocenters. The number of anilines is 2. The Morgan fingerprint density at radius 3 is 2.03 bits per heavy atom. The van der Waals surface area contributed by atoms with Crippen LogP contribution in [0.2, 0.25) is 15.1 Å². The predicted octanol–water partition coefficient (Wildman–Crippen LogP) is 6.73. The lowest BCUT2D eigenvalue weighted by Crippen LogP contribution is -2.21. The third-order valence-corrected chi connectivity index (χ3v) is 5.36. The van der Waals surface area contributed by atoms with E-state index in [-0.39, 0.29) is 25.2 Å². The minimum Gasteiger partial charge on any atom is -0.457 e. The Labute approximate surface area is 217 Å². The molecule has 0 aliphatic rings. The van der Waals surface area contributed by atoms with Gasteiger partial charge < -0.3 is 20.1 Å². The maximum Gasteiger partial charge on any atom is 0.306 e. The molecule has 0 fully saturated rings. The molecule has 0 saturated carbocycles. The Morgan fingerprint density at radius 2 is 1.34 bits per heavy atom. The third kappa shape index (κ3) is 9.13. The molecule has 0 aromatic heterocycles. The molecule has 0 saturated heterocycles. The molecule has 0 spiro atoms. The van der Waals surface area contributed by atoms with Crippen molar-refractivity contribution in [1.82, 2.24) is 0 Å². The molecule has 0 atom stereocenters. The second-order valence-electron chi connectivity index (χ2n) is 7.32. The van der Waals surface area contributed by atoms with Crippen LogP contribution in [0.5, 0.6) is 11.5 Å². The maximum atomic E-state index is 12.1. The fraction of sp³-hybridized carbons (Fsp3) is 0.160. The van der Waals surface area contributed by atoms with Gasteiger partial charge in [0.15, 0.2) is 6.61 Å². The fourth-order valence-corrected chi connectivity index (χ4v) is 3.32. The van der Waals surface area contributed by atoms with Crippen molar-refractivity contribution in [3.63, 3.8) is 0 Å². The molecule has 3 rings (SSSR count). The van der Waals surface area contributed by atoms with E-state index >= 15 is 0 Å². The van der Waals surface area contributed by atoms with Crippen LogP contribution < -0.4 is 15.4 Å². The highest BCUT2D eigenvalue weighted by Crippen LogP contribution is 2.26. The van der Waals surface area contributed by atoms with Crippen molar-refractivity contribution in [2.75, 3.05) is 17.2 Å². The first-order valence-electron chi connectivity index (χ1n) is 10.5. The smallest absolute Gasteiger partial charge is 0.306 e. The summed E-state index contributed by atoms with van der Waals surface area (Å²) in [6.07, 6.45) is 0.374. The first-order chi connectivity index (χ1) is 16.8. The number of benzene rings is 3. The van der Waals surface area contributed by atoms with Gasteiger partial charge >= 0.3 is 5.97 Å². The van der Waals surface area contributed by atoms with Gasteiger partial charge in [-0.15, -0.1) is 0 Å². The summed E-state index contributed by atoms with van der Waals surface area (Å²) in [5.74, 6) is -0.145. The Hall–Kier alpha value is -3.26. The van der Waals surface area contributed by atoms with E-state index in [1.165, 1.54) is 6.07 Å². The van der Waals surface area contributed by atoms with Gasteiger partial charge in [0.05, 0.1) is 10.7 Å². The summed E-state index contributed by atoms with van der Waals surface area (Å²) < 4.78 is 10.6. The number of nitrogens with one attached hydrogen (secondary N) is 2. The molecule has 0 aliphatic heterocycles. The highest BCUT2D eigenvalue weighted by atomic mass is 35.5. The Morgan fingerprint density at radius 1 is 0.714 bits per heavy atom. The minimum atomic E-state index is -0.589. The number of carbonyl (C=O) groups excluding carboxylic acids is 3. The molecule has 2 N–H and O–H groups in total. The first-order valence-corrected chi connectivity index (χ1v) is 11.7. The van der Waals surface area contributed by atoms with E-state index < -0.39 is 18.5 Å². The largest absolute Gasteiger partial charge is 0.457 e. The normalized spacial score (nSPS) is 10.4. The SMILES string of the molecule is O=C(CCCC(=O)OCC(=O)Nc1cc(Cl)ccc1Cl)Nc1ccc(Oc2ccc(Cl)cc2)cc1. The van der Waals surface area contributed by atoms with Crippen molar-refractivity contribution in [2.45, 2.75) is 19.3 Å². The Kier molecular flexibility index (Phi) is 9.78. The van der Waals surface area contributed by atoms with Gasteiger partial charge in [0.1, 0.15) is 11.5 Å². The topological polar surface area (TPSA) is 93.7 Å². The molecule has 7 nitrogen and oxygen atoms in total. The van der Waals surface area contributed by atoms with Crippen LogP contribution in [0.1, 0.15) is 19.3 Å². The number of esters is 1. The quantitative estimate of drug-likeness (QED) is 0.281. The lowest BCUT2D eigenvalue weighted by Gasteiger charge is -2.09. The van der Waals surface area contributed by atoms with Crippen LogP contribution in [0.3, 0.4) is 0 Å². The summed E-state index contributed by atoms with van der Waals surface area (Å²) in [7, 11) is 0. The van der Waals surface area contributed by atoms with Crippen LogP contribution in [0, 0.1) is 0 Å². The molecule has 35 heavy (non-hydrogen) atoms. The van der Waals surface area contributed by atoms with Crippen molar-refractivity contribution in [3.8, 4) is 11.5 Å². The third-order valence-electron chi connectivity index (χ3n) is 4.54. The second kappa shape index (κ2) is 13.0.